The fourth-order valence-corrected chi connectivity index (χ4v) is 0.620. The highest BCUT2D eigenvalue weighted by Crippen LogP contribution is 2.18. The molecule has 62 valence electrons. The second-order valence-corrected chi connectivity index (χ2v) is 4.14. The van der Waals surface area contributed by atoms with Crippen molar-refractivity contribution >= 4 is 0 Å². The summed E-state index contributed by atoms with van der Waals surface area (Å²) in [5.41, 5.74) is 0.00424. The number of nitrogens with zero attached hydrogens (tertiary/aromatic N) is 1. The van der Waals surface area contributed by atoms with E-state index in [2.05, 4.69) is 0 Å². The molecule has 0 rings (SSSR count). The van der Waals surface area contributed by atoms with Crippen molar-refractivity contribution in [2.75, 3.05) is 20.6 Å². The number of hydrogen-bond donors (Lipinski definition) is 1. The first-order valence-corrected chi connectivity index (χ1v) is 3.67. The molecular formula is C8H19NO. The summed E-state index contributed by atoms with van der Waals surface area (Å²) in [6.07, 6.45) is -0.234. The van der Waals surface area contributed by atoms with Crippen LogP contribution in [0.15, 0.2) is 0 Å². The zero-order valence-electron chi connectivity index (χ0n) is 7.68. The van der Waals surface area contributed by atoms with Crippen LogP contribution in [0, 0.1) is 5.41 Å². The Bertz CT molecular complexity index is 93.9. The van der Waals surface area contributed by atoms with Crippen molar-refractivity contribution < 1.29 is 5.11 Å². The third-order valence-corrected chi connectivity index (χ3v) is 1.54. The Morgan fingerprint density at radius 3 is 1.80 bits per heavy atom. The van der Waals surface area contributed by atoms with Gasteiger partial charge in [-0.15, -0.1) is 0 Å². The lowest BCUT2D eigenvalue weighted by Gasteiger charge is -2.28. The zero-order valence-corrected chi connectivity index (χ0v) is 7.68. The summed E-state index contributed by atoms with van der Waals surface area (Å²) in [7, 11) is 3.93. The molecule has 10 heavy (non-hydrogen) atoms. The average molecular weight is 145 g/mol. The van der Waals surface area contributed by atoms with Crippen molar-refractivity contribution in [1.29, 1.82) is 0 Å². The highest BCUT2D eigenvalue weighted by molar-refractivity contribution is 4.73. The molecular weight excluding hydrogens is 126 g/mol. The fourth-order valence-electron chi connectivity index (χ4n) is 0.620. The molecule has 0 aromatic carbocycles. The third-order valence-electron chi connectivity index (χ3n) is 1.54. The zero-order chi connectivity index (χ0) is 8.36. The molecule has 0 radical (unpaired) electrons. The van der Waals surface area contributed by atoms with E-state index in [0.717, 1.165) is 6.54 Å². The molecule has 0 saturated carbocycles. The molecule has 0 spiro atoms. The Morgan fingerprint density at radius 1 is 1.30 bits per heavy atom. The van der Waals surface area contributed by atoms with Gasteiger partial charge < -0.3 is 10.0 Å². The topological polar surface area (TPSA) is 23.5 Å². The van der Waals surface area contributed by atoms with Gasteiger partial charge >= 0.3 is 0 Å². The van der Waals surface area contributed by atoms with Gasteiger partial charge in [-0.1, -0.05) is 20.8 Å². The van der Waals surface area contributed by atoms with E-state index in [9.17, 15) is 5.11 Å². The van der Waals surface area contributed by atoms with E-state index in [1.54, 1.807) is 0 Å². The lowest BCUT2D eigenvalue weighted by molar-refractivity contribution is 0.0408. The minimum Gasteiger partial charge on any atom is -0.391 e. The standard InChI is InChI=1S/C8H19NO/c1-8(2,3)7(10)6-9(4)5/h7,10H,6H2,1-5H3/t7-/m1/s1. The number of likely N-dealkylation sites (N-methyl/N-ethyl adjacent to an activating group) is 1. The summed E-state index contributed by atoms with van der Waals surface area (Å²) in [6.45, 7) is 6.87. The molecule has 0 aliphatic rings. The van der Waals surface area contributed by atoms with Crippen molar-refractivity contribution in [3.05, 3.63) is 0 Å². The van der Waals surface area contributed by atoms with Crippen LogP contribution in [0.25, 0.3) is 0 Å². The molecule has 0 fully saturated rings. The van der Waals surface area contributed by atoms with E-state index in [1.165, 1.54) is 0 Å². The van der Waals surface area contributed by atoms with Gasteiger partial charge in [-0.25, -0.2) is 0 Å². The van der Waals surface area contributed by atoms with Crippen LogP contribution in [0.5, 0.6) is 0 Å². The summed E-state index contributed by atoms with van der Waals surface area (Å²) in [5.74, 6) is 0. The first-order chi connectivity index (χ1) is 4.34. The largest absolute Gasteiger partial charge is 0.391 e. The van der Waals surface area contributed by atoms with Gasteiger partial charge in [-0.2, -0.15) is 0 Å². The van der Waals surface area contributed by atoms with E-state index >= 15 is 0 Å². The van der Waals surface area contributed by atoms with Crippen molar-refractivity contribution in [3.63, 3.8) is 0 Å². The summed E-state index contributed by atoms with van der Waals surface area (Å²) in [5, 5.41) is 9.51. The van der Waals surface area contributed by atoms with Gasteiger partial charge in [0.2, 0.25) is 0 Å². The third kappa shape index (κ3) is 3.85. The van der Waals surface area contributed by atoms with Gasteiger partial charge in [0.15, 0.2) is 0 Å². The second kappa shape index (κ2) is 3.35. The van der Waals surface area contributed by atoms with Crippen molar-refractivity contribution in [1.82, 2.24) is 4.90 Å². The average Bonchev–Trinajstić information content (AvgIpc) is 1.60. The predicted octanol–water partition coefficient (Wildman–Crippen LogP) is 0.955. The molecule has 0 aliphatic heterocycles. The first-order valence-electron chi connectivity index (χ1n) is 3.67. The summed E-state index contributed by atoms with van der Waals surface area (Å²) in [6, 6.07) is 0. The lowest BCUT2D eigenvalue weighted by Crippen LogP contribution is -2.35. The van der Waals surface area contributed by atoms with Crippen LogP contribution in [0.4, 0.5) is 0 Å². The number of hydrogen-bond acceptors (Lipinski definition) is 2. The molecule has 0 aliphatic carbocycles. The minimum absolute atomic E-state index is 0.00424. The van der Waals surface area contributed by atoms with E-state index in [-0.39, 0.29) is 11.5 Å². The highest BCUT2D eigenvalue weighted by Gasteiger charge is 2.21. The van der Waals surface area contributed by atoms with E-state index < -0.39 is 0 Å². The Labute approximate surface area is 63.8 Å². The SMILES string of the molecule is CN(C)C[C@@H](O)C(C)(C)C. The van der Waals surface area contributed by atoms with E-state index in [4.69, 9.17) is 0 Å². The molecule has 0 heterocycles. The van der Waals surface area contributed by atoms with Crippen molar-refractivity contribution in [2.24, 2.45) is 5.41 Å². The Morgan fingerprint density at radius 2 is 1.70 bits per heavy atom. The molecule has 0 aromatic rings. The molecule has 2 nitrogen and oxygen atoms in total. The van der Waals surface area contributed by atoms with E-state index in [1.807, 2.05) is 39.8 Å². The van der Waals surface area contributed by atoms with Gasteiger partial charge in [-0.05, 0) is 19.5 Å². The first kappa shape index (κ1) is 9.92. The van der Waals surface area contributed by atoms with Crippen LogP contribution < -0.4 is 0 Å². The normalized spacial score (nSPS) is 15.9. The molecule has 1 N–H and O–H groups in total. The lowest BCUT2D eigenvalue weighted by atomic mass is 9.89. The molecule has 0 saturated heterocycles. The maximum Gasteiger partial charge on any atom is 0.0715 e. The molecule has 0 aromatic heterocycles. The number of rotatable bonds is 2. The van der Waals surface area contributed by atoms with Crippen LogP contribution in [0.3, 0.4) is 0 Å². The monoisotopic (exact) mass is 145 g/mol. The van der Waals surface area contributed by atoms with Crippen LogP contribution in [0.1, 0.15) is 20.8 Å². The molecule has 0 amide bonds. The molecule has 0 bridgehead atoms. The van der Waals surface area contributed by atoms with Gasteiger partial charge in [0.05, 0.1) is 6.10 Å². The van der Waals surface area contributed by atoms with Crippen LogP contribution in [-0.4, -0.2) is 36.8 Å². The Hall–Kier alpha value is -0.0800. The van der Waals surface area contributed by atoms with Crippen LogP contribution in [-0.2, 0) is 0 Å². The summed E-state index contributed by atoms with van der Waals surface area (Å²) < 4.78 is 0. The van der Waals surface area contributed by atoms with E-state index in [0.29, 0.717) is 0 Å². The molecule has 0 unspecified atom stereocenters. The number of aliphatic hydroxyl groups is 1. The minimum atomic E-state index is -0.234. The van der Waals surface area contributed by atoms with Gasteiger partial charge in [0, 0.05) is 6.54 Å². The fraction of sp³-hybridized carbons (Fsp3) is 1.00. The second-order valence-electron chi connectivity index (χ2n) is 4.14. The maximum atomic E-state index is 9.51. The highest BCUT2D eigenvalue weighted by atomic mass is 16.3. The van der Waals surface area contributed by atoms with Gasteiger partial charge in [0.1, 0.15) is 0 Å². The van der Waals surface area contributed by atoms with Gasteiger partial charge in [0.25, 0.3) is 0 Å². The Kier molecular flexibility index (Phi) is 3.33. The predicted molar refractivity (Wildman–Crippen MR) is 44.0 cm³/mol. The van der Waals surface area contributed by atoms with Crippen LogP contribution in [0.2, 0.25) is 0 Å². The molecule has 2 heteroatoms. The van der Waals surface area contributed by atoms with Crippen molar-refractivity contribution in [3.8, 4) is 0 Å². The number of aliphatic hydroxyl groups excluding tert-OH is 1. The maximum absolute atomic E-state index is 9.51. The smallest absolute Gasteiger partial charge is 0.0715 e. The summed E-state index contributed by atoms with van der Waals surface area (Å²) >= 11 is 0. The van der Waals surface area contributed by atoms with Crippen molar-refractivity contribution in [2.45, 2.75) is 26.9 Å². The molecule has 1 atom stereocenters. The van der Waals surface area contributed by atoms with Crippen LogP contribution >= 0.6 is 0 Å². The Balaban J connectivity index is 3.73. The summed E-state index contributed by atoms with van der Waals surface area (Å²) in [4.78, 5) is 2.00. The van der Waals surface area contributed by atoms with Gasteiger partial charge in [-0.3, -0.25) is 0 Å². The quantitative estimate of drug-likeness (QED) is 0.625.